The van der Waals surface area contributed by atoms with Crippen LogP contribution < -0.4 is 5.32 Å². The van der Waals surface area contributed by atoms with Crippen LogP contribution in [0.2, 0.25) is 0 Å². The summed E-state index contributed by atoms with van der Waals surface area (Å²) in [6.07, 6.45) is 2.34. The van der Waals surface area contributed by atoms with Gasteiger partial charge in [-0.05, 0) is 36.8 Å². The molecule has 0 aliphatic carbocycles. The first kappa shape index (κ1) is 12.2. The molecule has 88 valence electrons. The normalized spacial score (nSPS) is 25.4. The quantitative estimate of drug-likeness (QED) is 0.875. The molecule has 1 aromatic rings. The summed E-state index contributed by atoms with van der Waals surface area (Å²) in [5.74, 6) is 1.05. The molecule has 1 aliphatic rings. The van der Waals surface area contributed by atoms with Crippen LogP contribution in [-0.2, 0) is 0 Å². The highest BCUT2D eigenvalue weighted by Crippen LogP contribution is 2.29. The van der Waals surface area contributed by atoms with E-state index in [1.807, 2.05) is 11.8 Å². The molecule has 0 aromatic heterocycles. The Morgan fingerprint density at radius 1 is 1.50 bits per heavy atom. The van der Waals surface area contributed by atoms with E-state index < -0.39 is 0 Å². The van der Waals surface area contributed by atoms with Gasteiger partial charge >= 0.3 is 0 Å². The summed E-state index contributed by atoms with van der Waals surface area (Å²) in [5.41, 5.74) is 0.605. The Morgan fingerprint density at radius 2 is 2.31 bits per heavy atom. The predicted molar refractivity (Wildman–Crippen MR) is 72.7 cm³/mol. The average Bonchev–Trinajstić information content (AvgIpc) is 2.27. The minimum absolute atomic E-state index is 0.175. The fourth-order valence-electron chi connectivity index (χ4n) is 1.92. The third-order valence-electron chi connectivity index (χ3n) is 2.88. The first-order chi connectivity index (χ1) is 7.66. The monoisotopic (exact) mass is 303 g/mol. The summed E-state index contributed by atoms with van der Waals surface area (Å²) in [4.78, 5) is 0. The maximum absolute atomic E-state index is 13.6. The van der Waals surface area contributed by atoms with Crippen molar-refractivity contribution in [3.8, 4) is 0 Å². The van der Waals surface area contributed by atoms with Crippen molar-refractivity contribution >= 4 is 33.4 Å². The molecule has 0 bridgehead atoms. The lowest BCUT2D eigenvalue weighted by atomic mass is 10.1. The molecule has 2 rings (SSSR count). The van der Waals surface area contributed by atoms with Crippen LogP contribution in [0.25, 0.3) is 0 Å². The molecule has 1 N–H and O–H groups in total. The van der Waals surface area contributed by atoms with E-state index >= 15 is 0 Å². The van der Waals surface area contributed by atoms with Gasteiger partial charge in [0.05, 0.1) is 5.69 Å². The molecule has 2 atom stereocenters. The van der Waals surface area contributed by atoms with Gasteiger partial charge in [-0.25, -0.2) is 4.39 Å². The molecule has 1 aliphatic heterocycles. The highest BCUT2D eigenvalue weighted by atomic mass is 79.9. The molecular formula is C12H15BrFNS. The van der Waals surface area contributed by atoms with E-state index in [0.29, 0.717) is 17.0 Å². The van der Waals surface area contributed by atoms with Crippen LogP contribution in [0.1, 0.15) is 19.8 Å². The van der Waals surface area contributed by atoms with Crippen molar-refractivity contribution in [1.29, 1.82) is 0 Å². The second-order valence-electron chi connectivity index (χ2n) is 4.09. The van der Waals surface area contributed by atoms with Crippen molar-refractivity contribution in [2.75, 3.05) is 11.1 Å². The number of rotatable bonds is 2. The molecular weight excluding hydrogens is 289 g/mol. The van der Waals surface area contributed by atoms with E-state index in [1.54, 1.807) is 12.1 Å². The molecule has 0 radical (unpaired) electrons. The lowest BCUT2D eigenvalue weighted by molar-refractivity contribution is 0.596. The molecule has 1 heterocycles. The maximum atomic E-state index is 13.6. The van der Waals surface area contributed by atoms with Gasteiger partial charge in [-0.1, -0.05) is 22.9 Å². The standard InChI is InChI=1S/C12H15BrFNS/c1-8-11(3-2-6-16-8)15-12-7-9(13)4-5-10(12)14/h4-5,7-8,11,15H,2-3,6H2,1H3. The summed E-state index contributed by atoms with van der Waals surface area (Å²) in [6, 6.07) is 5.40. The van der Waals surface area contributed by atoms with Gasteiger partial charge in [0.25, 0.3) is 0 Å². The van der Waals surface area contributed by atoms with Gasteiger partial charge in [0.1, 0.15) is 5.82 Å². The van der Waals surface area contributed by atoms with Gasteiger partial charge < -0.3 is 5.32 Å². The van der Waals surface area contributed by atoms with Crippen LogP contribution in [0.5, 0.6) is 0 Å². The highest BCUT2D eigenvalue weighted by Gasteiger charge is 2.22. The van der Waals surface area contributed by atoms with E-state index in [-0.39, 0.29) is 5.82 Å². The number of thioether (sulfide) groups is 1. The number of nitrogens with one attached hydrogen (secondary N) is 1. The molecule has 1 nitrogen and oxygen atoms in total. The smallest absolute Gasteiger partial charge is 0.146 e. The summed E-state index contributed by atoms with van der Waals surface area (Å²) in [5, 5.41) is 3.86. The Hall–Kier alpha value is -0.220. The maximum Gasteiger partial charge on any atom is 0.146 e. The van der Waals surface area contributed by atoms with E-state index in [9.17, 15) is 4.39 Å². The molecule has 0 saturated carbocycles. The van der Waals surface area contributed by atoms with Crippen molar-refractivity contribution < 1.29 is 4.39 Å². The Balaban J connectivity index is 2.10. The Kier molecular flexibility index (Phi) is 4.14. The molecule has 0 amide bonds. The predicted octanol–water partition coefficient (Wildman–Crippen LogP) is 4.28. The zero-order valence-corrected chi connectivity index (χ0v) is 11.6. The van der Waals surface area contributed by atoms with Crippen LogP contribution in [0.3, 0.4) is 0 Å². The van der Waals surface area contributed by atoms with Crippen molar-refractivity contribution in [3.63, 3.8) is 0 Å². The molecule has 0 spiro atoms. The van der Waals surface area contributed by atoms with Gasteiger partial charge in [0.2, 0.25) is 0 Å². The molecule has 1 saturated heterocycles. The van der Waals surface area contributed by atoms with E-state index in [4.69, 9.17) is 0 Å². The average molecular weight is 304 g/mol. The van der Waals surface area contributed by atoms with Crippen LogP contribution >= 0.6 is 27.7 Å². The number of benzene rings is 1. The van der Waals surface area contributed by atoms with Crippen molar-refractivity contribution in [2.24, 2.45) is 0 Å². The summed E-state index contributed by atoms with van der Waals surface area (Å²) in [7, 11) is 0. The van der Waals surface area contributed by atoms with Gasteiger partial charge in [-0.15, -0.1) is 0 Å². The van der Waals surface area contributed by atoms with Crippen molar-refractivity contribution in [2.45, 2.75) is 31.1 Å². The minimum Gasteiger partial charge on any atom is -0.379 e. The Labute approximate surface area is 108 Å². The molecule has 1 fully saturated rings. The van der Waals surface area contributed by atoms with E-state index in [1.165, 1.54) is 18.2 Å². The van der Waals surface area contributed by atoms with E-state index in [0.717, 1.165) is 10.9 Å². The van der Waals surface area contributed by atoms with Crippen molar-refractivity contribution in [1.82, 2.24) is 0 Å². The van der Waals surface area contributed by atoms with Gasteiger partial charge in [-0.2, -0.15) is 11.8 Å². The van der Waals surface area contributed by atoms with Gasteiger partial charge in [-0.3, -0.25) is 0 Å². The largest absolute Gasteiger partial charge is 0.379 e. The molecule has 1 aromatic carbocycles. The first-order valence-corrected chi connectivity index (χ1v) is 7.34. The third kappa shape index (κ3) is 2.92. The van der Waals surface area contributed by atoms with Crippen LogP contribution in [-0.4, -0.2) is 17.0 Å². The highest BCUT2D eigenvalue weighted by molar-refractivity contribution is 9.10. The second kappa shape index (κ2) is 5.41. The lowest BCUT2D eigenvalue weighted by Crippen LogP contribution is -2.33. The minimum atomic E-state index is -0.175. The first-order valence-electron chi connectivity index (χ1n) is 5.50. The number of hydrogen-bond acceptors (Lipinski definition) is 2. The van der Waals surface area contributed by atoms with E-state index in [2.05, 4.69) is 28.2 Å². The van der Waals surface area contributed by atoms with Crippen LogP contribution in [0.15, 0.2) is 22.7 Å². The van der Waals surface area contributed by atoms with Gasteiger partial charge in [0.15, 0.2) is 0 Å². The number of hydrogen-bond donors (Lipinski definition) is 1. The van der Waals surface area contributed by atoms with Crippen molar-refractivity contribution in [3.05, 3.63) is 28.5 Å². The third-order valence-corrected chi connectivity index (χ3v) is 4.75. The fraction of sp³-hybridized carbons (Fsp3) is 0.500. The zero-order chi connectivity index (χ0) is 11.5. The molecule has 2 unspecified atom stereocenters. The summed E-state index contributed by atoms with van der Waals surface area (Å²) in [6.45, 7) is 2.21. The molecule has 4 heteroatoms. The van der Waals surface area contributed by atoms with Crippen LogP contribution in [0, 0.1) is 5.82 Å². The topological polar surface area (TPSA) is 12.0 Å². The summed E-state index contributed by atoms with van der Waals surface area (Å²) >= 11 is 5.32. The Morgan fingerprint density at radius 3 is 3.06 bits per heavy atom. The number of anilines is 1. The zero-order valence-electron chi connectivity index (χ0n) is 9.17. The Bertz CT molecular complexity index is 372. The lowest BCUT2D eigenvalue weighted by Gasteiger charge is -2.30. The van der Waals surface area contributed by atoms with Crippen LogP contribution in [0.4, 0.5) is 10.1 Å². The SMILES string of the molecule is CC1SCCCC1Nc1cc(Br)ccc1F. The summed E-state index contributed by atoms with van der Waals surface area (Å²) < 4.78 is 14.5. The second-order valence-corrected chi connectivity index (χ2v) is 6.49. The number of halogens is 2. The molecule has 16 heavy (non-hydrogen) atoms. The fourth-order valence-corrected chi connectivity index (χ4v) is 3.42. The van der Waals surface area contributed by atoms with Gasteiger partial charge in [0, 0.05) is 15.8 Å².